The van der Waals surface area contributed by atoms with Crippen molar-refractivity contribution in [2.75, 3.05) is 5.75 Å². The Labute approximate surface area is 172 Å². The fourth-order valence-electron chi connectivity index (χ4n) is 3.49. The molecule has 3 aromatic heterocycles. The second-order valence-corrected chi connectivity index (χ2v) is 7.89. The van der Waals surface area contributed by atoms with Gasteiger partial charge in [-0.2, -0.15) is 4.98 Å². The maximum absolute atomic E-state index is 12.7. The van der Waals surface area contributed by atoms with Crippen LogP contribution in [0.15, 0.2) is 57.2 Å². The Morgan fingerprint density at radius 2 is 2.14 bits per heavy atom. The lowest BCUT2D eigenvalue weighted by Gasteiger charge is -2.22. The number of hydrogen-bond donors (Lipinski definition) is 1. The summed E-state index contributed by atoms with van der Waals surface area (Å²) >= 11 is 1.33. The highest BCUT2D eigenvalue weighted by molar-refractivity contribution is 7.99. The quantitative estimate of drug-likeness (QED) is 0.476. The maximum atomic E-state index is 12.7. The maximum Gasteiger partial charge on any atom is 0.349 e. The van der Waals surface area contributed by atoms with E-state index in [1.54, 1.807) is 29.3 Å². The number of amides is 1. The molecule has 29 heavy (non-hydrogen) atoms. The van der Waals surface area contributed by atoms with Crippen LogP contribution in [0, 0.1) is 0 Å². The van der Waals surface area contributed by atoms with E-state index in [1.807, 2.05) is 18.2 Å². The fourth-order valence-corrected chi connectivity index (χ4v) is 4.39. The number of fused-ring (bicyclic) bond motifs is 1. The third kappa shape index (κ3) is 4.76. The smallest absolute Gasteiger partial charge is 0.349 e. The van der Waals surface area contributed by atoms with Crippen molar-refractivity contribution in [3.05, 3.63) is 76.0 Å². The van der Waals surface area contributed by atoms with E-state index in [0.717, 1.165) is 42.5 Å². The summed E-state index contributed by atoms with van der Waals surface area (Å²) in [5, 5.41) is 3.50. The third-order valence-corrected chi connectivity index (χ3v) is 5.91. The minimum absolute atomic E-state index is 0.114. The van der Waals surface area contributed by atoms with Crippen LogP contribution in [0.4, 0.5) is 0 Å². The molecule has 0 unspecified atom stereocenters. The lowest BCUT2D eigenvalue weighted by molar-refractivity contribution is -0.118. The second-order valence-electron chi connectivity index (χ2n) is 6.92. The molecular formula is C21H22N4O3S. The zero-order chi connectivity index (χ0) is 20.1. The van der Waals surface area contributed by atoms with E-state index in [-0.39, 0.29) is 17.3 Å². The monoisotopic (exact) mass is 410 g/mol. The van der Waals surface area contributed by atoms with Crippen LogP contribution < -0.4 is 11.0 Å². The molecule has 1 N–H and O–H groups in total. The highest BCUT2D eigenvalue weighted by Gasteiger charge is 2.21. The number of pyridine rings is 1. The van der Waals surface area contributed by atoms with Crippen LogP contribution in [0.5, 0.6) is 0 Å². The SMILES string of the molecule is O=C(CSc1nc(=O)n(Cc2cccnc2)c2c1CCCC2)NCc1ccco1. The van der Waals surface area contributed by atoms with E-state index < -0.39 is 0 Å². The Kier molecular flexibility index (Phi) is 6.09. The molecule has 3 aromatic rings. The minimum atomic E-state index is -0.270. The van der Waals surface area contributed by atoms with Crippen LogP contribution >= 0.6 is 11.8 Å². The average molecular weight is 410 g/mol. The Bertz CT molecular complexity index is 1030. The fraction of sp³-hybridized carbons (Fsp3) is 0.333. The summed E-state index contributed by atoms with van der Waals surface area (Å²) in [6, 6.07) is 7.42. The van der Waals surface area contributed by atoms with E-state index in [9.17, 15) is 9.59 Å². The molecule has 3 heterocycles. The van der Waals surface area contributed by atoms with Crippen molar-refractivity contribution in [1.29, 1.82) is 0 Å². The van der Waals surface area contributed by atoms with Gasteiger partial charge in [-0.25, -0.2) is 4.79 Å². The number of rotatable bonds is 7. The first-order chi connectivity index (χ1) is 14.2. The van der Waals surface area contributed by atoms with Gasteiger partial charge in [0.15, 0.2) is 0 Å². The molecule has 0 aliphatic heterocycles. The first kappa shape index (κ1) is 19.4. The summed E-state index contributed by atoms with van der Waals surface area (Å²) in [5.41, 5.74) is 2.84. The number of nitrogens with zero attached hydrogens (tertiary/aromatic N) is 3. The Morgan fingerprint density at radius 3 is 2.93 bits per heavy atom. The zero-order valence-electron chi connectivity index (χ0n) is 16.0. The second kappa shape index (κ2) is 9.09. The molecule has 1 aliphatic carbocycles. The molecule has 0 atom stereocenters. The number of aromatic nitrogens is 3. The lowest BCUT2D eigenvalue weighted by Crippen LogP contribution is -2.31. The summed E-state index contributed by atoms with van der Waals surface area (Å²) in [5.74, 6) is 0.806. The topological polar surface area (TPSA) is 90.0 Å². The van der Waals surface area contributed by atoms with Crippen LogP contribution in [0.3, 0.4) is 0 Å². The van der Waals surface area contributed by atoms with Gasteiger partial charge in [0.1, 0.15) is 10.8 Å². The predicted molar refractivity (Wildman–Crippen MR) is 110 cm³/mol. The molecule has 0 spiro atoms. The van der Waals surface area contributed by atoms with Gasteiger partial charge in [0.2, 0.25) is 5.91 Å². The molecule has 4 rings (SSSR count). The number of furan rings is 1. The van der Waals surface area contributed by atoms with Gasteiger partial charge < -0.3 is 9.73 Å². The number of nitrogens with one attached hydrogen (secondary N) is 1. The number of thioether (sulfide) groups is 1. The highest BCUT2D eigenvalue weighted by atomic mass is 32.2. The Balaban J connectivity index is 1.49. The number of hydrogen-bond acceptors (Lipinski definition) is 6. The molecule has 0 aromatic carbocycles. The van der Waals surface area contributed by atoms with Gasteiger partial charge in [0.05, 0.1) is 25.1 Å². The van der Waals surface area contributed by atoms with Crippen LogP contribution in [-0.4, -0.2) is 26.2 Å². The molecule has 8 heteroatoms. The molecule has 0 saturated carbocycles. The lowest BCUT2D eigenvalue weighted by atomic mass is 9.97. The predicted octanol–water partition coefficient (Wildman–Crippen LogP) is 2.57. The zero-order valence-corrected chi connectivity index (χ0v) is 16.8. The molecule has 0 bridgehead atoms. The van der Waals surface area contributed by atoms with Gasteiger partial charge in [0, 0.05) is 23.7 Å². The Morgan fingerprint density at radius 1 is 1.24 bits per heavy atom. The largest absolute Gasteiger partial charge is 0.467 e. The number of carbonyl (C=O) groups excluding carboxylic acids is 1. The average Bonchev–Trinajstić information content (AvgIpc) is 3.27. The van der Waals surface area contributed by atoms with Gasteiger partial charge in [0.25, 0.3) is 0 Å². The normalized spacial score (nSPS) is 13.1. The molecule has 0 saturated heterocycles. The van der Waals surface area contributed by atoms with E-state index in [4.69, 9.17) is 4.42 Å². The van der Waals surface area contributed by atoms with Gasteiger partial charge in [-0.3, -0.25) is 14.3 Å². The molecule has 150 valence electrons. The van der Waals surface area contributed by atoms with Crippen molar-refractivity contribution in [3.8, 4) is 0 Å². The summed E-state index contributed by atoms with van der Waals surface area (Å²) in [6.07, 6.45) is 8.92. The van der Waals surface area contributed by atoms with Crippen molar-refractivity contribution in [1.82, 2.24) is 19.9 Å². The van der Waals surface area contributed by atoms with E-state index in [0.29, 0.717) is 23.9 Å². The van der Waals surface area contributed by atoms with Gasteiger partial charge in [-0.1, -0.05) is 17.8 Å². The van der Waals surface area contributed by atoms with Crippen LogP contribution in [0.2, 0.25) is 0 Å². The van der Waals surface area contributed by atoms with Crippen molar-refractivity contribution in [2.45, 2.75) is 43.8 Å². The summed E-state index contributed by atoms with van der Waals surface area (Å²) in [6.45, 7) is 0.821. The van der Waals surface area contributed by atoms with Gasteiger partial charge in [-0.05, 0) is 49.4 Å². The van der Waals surface area contributed by atoms with E-state index in [2.05, 4.69) is 15.3 Å². The first-order valence-electron chi connectivity index (χ1n) is 9.64. The van der Waals surface area contributed by atoms with Crippen LogP contribution in [0.25, 0.3) is 0 Å². The molecule has 0 fully saturated rings. The van der Waals surface area contributed by atoms with Crippen molar-refractivity contribution < 1.29 is 9.21 Å². The standard InChI is InChI=1S/C21H22N4O3S/c26-19(23-12-16-6-4-10-28-16)14-29-20-17-7-1-2-8-18(17)25(21(27)24-20)13-15-5-3-9-22-11-15/h3-6,9-11H,1-2,7-8,12-14H2,(H,23,26). The minimum Gasteiger partial charge on any atom is -0.467 e. The van der Waals surface area contributed by atoms with Crippen molar-refractivity contribution >= 4 is 17.7 Å². The molecule has 0 radical (unpaired) electrons. The molecule has 1 amide bonds. The van der Waals surface area contributed by atoms with Crippen molar-refractivity contribution in [2.24, 2.45) is 0 Å². The van der Waals surface area contributed by atoms with E-state index in [1.165, 1.54) is 11.8 Å². The van der Waals surface area contributed by atoms with Crippen LogP contribution in [-0.2, 0) is 30.7 Å². The number of carbonyl (C=O) groups is 1. The van der Waals surface area contributed by atoms with Gasteiger partial charge >= 0.3 is 5.69 Å². The molecule has 7 nitrogen and oxygen atoms in total. The molecular weight excluding hydrogens is 388 g/mol. The summed E-state index contributed by atoms with van der Waals surface area (Å²) in [4.78, 5) is 33.4. The van der Waals surface area contributed by atoms with Gasteiger partial charge in [-0.15, -0.1) is 0 Å². The Hall–Kier alpha value is -2.87. The van der Waals surface area contributed by atoms with Crippen LogP contribution in [0.1, 0.15) is 35.4 Å². The highest BCUT2D eigenvalue weighted by Crippen LogP contribution is 2.28. The van der Waals surface area contributed by atoms with Crippen molar-refractivity contribution in [3.63, 3.8) is 0 Å². The molecule has 1 aliphatic rings. The summed E-state index contributed by atoms with van der Waals surface area (Å²) in [7, 11) is 0. The third-order valence-electron chi connectivity index (χ3n) is 4.89. The van der Waals surface area contributed by atoms with E-state index >= 15 is 0 Å². The summed E-state index contributed by atoms with van der Waals surface area (Å²) < 4.78 is 6.97. The first-order valence-corrected chi connectivity index (χ1v) is 10.6.